The first-order valence-electron chi connectivity index (χ1n) is 13.0. The average Bonchev–Trinajstić information content (AvgIpc) is 3.68. The standard InChI is InChI=1S/C34H24O2S2/c1-2-36-34(27-17-9-5-13-23(27)24-14-6-10-18-28(24)34)32-20-30-29(38-32)19-31(37-30)33(35)25-15-7-3-11-21(25)22-12-4-8-16-26(22)33/h3-20,35H,2H2,1H3. The highest BCUT2D eigenvalue weighted by molar-refractivity contribution is 7.28. The van der Waals surface area contributed by atoms with Crippen molar-refractivity contribution in [3.05, 3.63) is 141 Å². The van der Waals surface area contributed by atoms with Gasteiger partial charge in [0.2, 0.25) is 0 Å². The lowest BCUT2D eigenvalue weighted by Gasteiger charge is -2.31. The van der Waals surface area contributed by atoms with Gasteiger partial charge in [-0.2, -0.15) is 0 Å². The summed E-state index contributed by atoms with van der Waals surface area (Å²) in [5.41, 5.74) is 7.24. The van der Waals surface area contributed by atoms with Crippen molar-refractivity contribution in [2.75, 3.05) is 6.61 Å². The molecule has 2 aliphatic rings. The molecule has 6 aromatic rings. The highest BCUT2D eigenvalue weighted by Crippen LogP contribution is 2.57. The summed E-state index contributed by atoms with van der Waals surface area (Å²) in [4.78, 5) is 2.14. The Morgan fingerprint density at radius 2 is 0.974 bits per heavy atom. The maximum absolute atomic E-state index is 12.4. The minimum absolute atomic E-state index is 0.604. The lowest BCUT2D eigenvalue weighted by Crippen LogP contribution is -2.29. The van der Waals surface area contributed by atoms with E-state index in [4.69, 9.17) is 4.74 Å². The van der Waals surface area contributed by atoms with Crippen molar-refractivity contribution in [1.82, 2.24) is 0 Å². The Morgan fingerprint density at radius 3 is 1.47 bits per heavy atom. The highest BCUT2D eigenvalue weighted by atomic mass is 32.1. The van der Waals surface area contributed by atoms with Crippen LogP contribution in [0.5, 0.6) is 0 Å². The molecule has 38 heavy (non-hydrogen) atoms. The third-order valence-corrected chi connectivity index (χ3v) is 10.6. The number of aliphatic hydroxyl groups is 1. The predicted octanol–water partition coefficient (Wildman–Crippen LogP) is 8.54. The molecular formula is C34H24O2S2. The second kappa shape index (κ2) is 7.98. The molecule has 2 heterocycles. The summed E-state index contributed by atoms with van der Waals surface area (Å²) in [6.45, 7) is 2.68. The molecule has 4 heteroatoms. The Hall–Kier alpha value is -3.54. The van der Waals surface area contributed by atoms with Crippen LogP contribution in [0.3, 0.4) is 0 Å². The Labute approximate surface area is 229 Å². The molecule has 184 valence electrons. The quantitative estimate of drug-likeness (QED) is 0.248. The van der Waals surface area contributed by atoms with E-state index in [1.807, 2.05) is 24.3 Å². The first-order chi connectivity index (χ1) is 18.7. The fourth-order valence-electron chi connectivity index (χ4n) is 6.57. The molecule has 0 bridgehead atoms. The van der Waals surface area contributed by atoms with E-state index in [1.165, 1.54) is 36.5 Å². The average molecular weight is 529 g/mol. The minimum Gasteiger partial charge on any atom is -0.375 e. The largest absolute Gasteiger partial charge is 0.375 e. The Bertz CT molecular complexity index is 1750. The van der Waals surface area contributed by atoms with Crippen molar-refractivity contribution in [3.63, 3.8) is 0 Å². The molecule has 0 radical (unpaired) electrons. The van der Waals surface area contributed by atoms with E-state index in [9.17, 15) is 5.11 Å². The first kappa shape index (κ1) is 22.4. The van der Waals surface area contributed by atoms with Gasteiger partial charge in [-0.3, -0.25) is 0 Å². The van der Waals surface area contributed by atoms with Gasteiger partial charge in [0.1, 0.15) is 0 Å². The second-order valence-corrected chi connectivity index (χ2v) is 12.1. The molecule has 0 spiro atoms. The molecule has 0 saturated carbocycles. The van der Waals surface area contributed by atoms with Crippen molar-refractivity contribution in [3.8, 4) is 22.3 Å². The van der Waals surface area contributed by atoms with Crippen LogP contribution in [-0.2, 0) is 15.9 Å². The van der Waals surface area contributed by atoms with Gasteiger partial charge >= 0.3 is 0 Å². The number of ether oxygens (including phenoxy) is 1. The summed E-state index contributed by atoms with van der Waals surface area (Å²) in [7, 11) is 0. The third kappa shape index (κ3) is 2.73. The lowest BCUT2D eigenvalue weighted by molar-refractivity contribution is 0.0278. The molecule has 0 aliphatic heterocycles. The predicted molar refractivity (Wildman–Crippen MR) is 157 cm³/mol. The maximum atomic E-state index is 12.4. The molecule has 8 rings (SSSR count). The van der Waals surface area contributed by atoms with E-state index in [2.05, 4.69) is 91.9 Å². The number of hydrogen-bond donors (Lipinski definition) is 1. The first-order valence-corrected chi connectivity index (χ1v) is 14.6. The maximum Gasteiger partial charge on any atom is 0.154 e. The van der Waals surface area contributed by atoms with Crippen molar-refractivity contribution in [2.24, 2.45) is 0 Å². The Balaban J connectivity index is 1.32. The molecule has 2 aromatic heterocycles. The fraction of sp³-hybridized carbons (Fsp3) is 0.118. The molecular weight excluding hydrogens is 505 g/mol. The van der Waals surface area contributed by atoms with Crippen LogP contribution >= 0.6 is 22.7 Å². The van der Waals surface area contributed by atoms with Gasteiger partial charge in [0, 0.05) is 48.0 Å². The van der Waals surface area contributed by atoms with E-state index in [1.54, 1.807) is 22.7 Å². The number of hydrogen-bond acceptors (Lipinski definition) is 4. The van der Waals surface area contributed by atoms with Crippen molar-refractivity contribution in [1.29, 1.82) is 0 Å². The zero-order chi connectivity index (χ0) is 25.5. The van der Waals surface area contributed by atoms with Gasteiger partial charge in [0.25, 0.3) is 0 Å². The molecule has 0 atom stereocenters. The number of fused-ring (bicyclic) bond motifs is 7. The van der Waals surface area contributed by atoms with E-state index < -0.39 is 11.2 Å². The molecule has 2 nitrogen and oxygen atoms in total. The monoisotopic (exact) mass is 528 g/mol. The van der Waals surface area contributed by atoms with E-state index in [0.29, 0.717) is 6.61 Å². The minimum atomic E-state index is -1.15. The van der Waals surface area contributed by atoms with Crippen molar-refractivity contribution in [2.45, 2.75) is 18.1 Å². The Morgan fingerprint density at radius 1 is 0.579 bits per heavy atom. The summed E-state index contributed by atoms with van der Waals surface area (Å²) in [6, 6.07) is 38.2. The second-order valence-electron chi connectivity index (χ2n) is 9.96. The van der Waals surface area contributed by atoms with Crippen LogP contribution < -0.4 is 0 Å². The fourth-order valence-corrected chi connectivity index (χ4v) is 9.26. The summed E-state index contributed by atoms with van der Waals surface area (Å²) in [6.07, 6.45) is 0. The third-order valence-electron chi connectivity index (χ3n) is 8.10. The number of thiophene rings is 2. The summed E-state index contributed by atoms with van der Waals surface area (Å²) in [5, 5.41) is 12.4. The van der Waals surface area contributed by atoms with Crippen LogP contribution in [0.4, 0.5) is 0 Å². The smallest absolute Gasteiger partial charge is 0.154 e. The number of rotatable bonds is 4. The summed E-state index contributed by atoms with van der Waals surface area (Å²) >= 11 is 3.46. The molecule has 0 saturated heterocycles. The SMILES string of the molecule is CCOC1(c2cc3sc(C4(O)c5ccccc5-c5ccccc54)cc3s2)c2ccccc2-c2ccccc21. The van der Waals surface area contributed by atoms with Crippen molar-refractivity contribution < 1.29 is 9.84 Å². The van der Waals surface area contributed by atoms with Gasteiger partial charge in [-0.05, 0) is 41.3 Å². The number of benzene rings is 4. The van der Waals surface area contributed by atoms with Gasteiger partial charge in [-0.1, -0.05) is 97.1 Å². The van der Waals surface area contributed by atoms with Crippen molar-refractivity contribution >= 4 is 32.1 Å². The van der Waals surface area contributed by atoms with E-state index >= 15 is 0 Å². The lowest BCUT2D eigenvalue weighted by atomic mass is 9.89. The van der Waals surface area contributed by atoms with Gasteiger partial charge < -0.3 is 9.84 Å². The molecule has 0 unspecified atom stereocenters. The van der Waals surface area contributed by atoms with Crippen LogP contribution in [-0.4, -0.2) is 11.7 Å². The van der Waals surface area contributed by atoms with Gasteiger partial charge in [0.15, 0.2) is 11.2 Å². The topological polar surface area (TPSA) is 29.5 Å². The highest BCUT2D eigenvalue weighted by Gasteiger charge is 2.48. The molecule has 1 N–H and O–H groups in total. The van der Waals surface area contributed by atoms with Crippen LogP contribution in [0.25, 0.3) is 31.7 Å². The molecule has 4 aromatic carbocycles. The zero-order valence-electron chi connectivity index (χ0n) is 20.8. The normalized spacial score (nSPS) is 15.7. The molecule has 2 aliphatic carbocycles. The van der Waals surface area contributed by atoms with Crippen LogP contribution in [0.1, 0.15) is 38.9 Å². The molecule has 0 amide bonds. The van der Waals surface area contributed by atoms with Gasteiger partial charge in [-0.15, -0.1) is 22.7 Å². The van der Waals surface area contributed by atoms with Crippen LogP contribution in [0.2, 0.25) is 0 Å². The van der Waals surface area contributed by atoms with Gasteiger partial charge in [0.05, 0.1) is 0 Å². The van der Waals surface area contributed by atoms with Crippen LogP contribution in [0, 0.1) is 0 Å². The molecule has 0 fully saturated rings. The summed E-state index contributed by atoms with van der Waals surface area (Å²) < 4.78 is 9.09. The van der Waals surface area contributed by atoms with Crippen LogP contribution in [0.15, 0.2) is 109 Å². The van der Waals surface area contributed by atoms with Gasteiger partial charge in [-0.25, -0.2) is 0 Å². The van der Waals surface area contributed by atoms with E-state index in [0.717, 1.165) is 27.1 Å². The zero-order valence-corrected chi connectivity index (χ0v) is 22.4. The summed E-state index contributed by atoms with van der Waals surface area (Å²) in [5.74, 6) is 0. The van der Waals surface area contributed by atoms with E-state index in [-0.39, 0.29) is 0 Å². The Kier molecular flexibility index (Phi) is 4.71.